The fourth-order valence-electron chi connectivity index (χ4n) is 1.78. The number of allylic oxidation sites excluding steroid dienone is 4. The van der Waals surface area contributed by atoms with E-state index in [9.17, 15) is 9.90 Å². The topological polar surface area (TPSA) is 72.6 Å². The number of carbonyl (C=O) groups excluding carboxylic acids is 1. The fraction of sp³-hybridized carbons (Fsp3) is 0. The van der Waals surface area contributed by atoms with Gasteiger partial charge in [0.15, 0.2) is 5.88 Å². The summed E-state index contributed by atoms with van der Waals surface area (Å²) in [5.41, 5.74) is 6.15. The fourth-order valence-corrected chi connectivity index (χ4v) is 1.78. The Kier molecular flexibility index (Phi) is 4.41. The van der Waals surface area contributed by atoms with Crippen LogP contribution in [0.4, 0.5) is 0 Å². The number of aromatic hydroxyl groups is 1. The number of nitrogens with two attached hydrogens (primary N) is 1. The van der Waals surface area contributed by atoms with Gasteiger partial charge in [-0.1, -0.05) is 24.8 Å². The third-order valence-electron chi connectivity index (χ3n) is 2.84. The third-order valence-corrected chi connectivity index (χ3v) is 2.84. The van der Waals surface area contributed by atoms with Gasteiger partial charge < -0.3 is 15.6 Å². The van der Waals surface area contributed by atoms with Crippen molar-refractivity contribution in [1.29, 1.82) is 0 Å². The Hall–Kier alpha value is -3.01. The first-order valence-corrected chi connectivity index (χ1v) is 6.28. The molecule has 3 N–H and O–H groups in total. The molecule has 0 spiro atoms. The first-order valence-electron chi connectivity index (χ1n) is 6.28. The Labute approximate surface area is 122 Å². The number of phenolic OH excluding ortho intramolecular Hbond substituents is 1. The van der Waals surface area contributed by atoms with Crippen LogP contribution in [0, 0.1) is 0 Å². The molecule has 0 aliphatic rings. The summed E-state index contributed by atoms with van der Waals surface area (Å²) in [5.74, 6) is 0.947. The minimum absolute atomic E-state index is 0.161. The molecule has 2 aromatic carbocycles. The van der Waals surface area contributed by atoms with E-state index in [0.717, 1.165) is 10.8 Å². The van der Waals surface area contributed by atoms with Gasteiger partial charge in [-0.3, -0.25) is 4.79 Å². The van der Waals surface area contributed by atoms with Gasteiger partial charge in [0.25, 0.3) is 0 Å². The van der Waals surface area contributed by atoms with Crippen molar-refractivity contribution in [2.75, 3.05) is 0 Å². The summed E-state index contributed by atoms with van der Waals surface area (Å²) in [7, 11) is 0. The maximum Gasteiger partial charge on any atom is 0.190 e. The normalized spacial score (nSPS) is 12.2. The molecule has 0 fully saturated rings. The lowest BCUT2D eigenvalue weighted by atomic mass is 10.1. The highest BCUT2D eigenvalue weighted by atomic mass is 16.5. The monoisotopic (exact) mass is 281 g/mol. The highest BCUT2D eigenvalue weighted by molar-refractivity contribution is 5.85. The van der Waals surface area contributed by atoms with Crippen molar-refractivity contribution < 1.29 is 14.6 Å². The van der Waals surface area contributed by atoms with E-state index >= 15 is 0 Å². The summed E-state index contributed by atoms with van der Waals surface area (Å²) < 4.78 is 5.47. The van der Waals surface area contributed by atoms with Crippen molar-refractivity contribution in [3.63, 3.8) is 0 Å². The van der Waals surface area contributed by atoms with Crippen molar-refractivity contribution in [3.05, 3.63) is 72.7 Å². The second kappa shape index (κ2) is 6.43. The molecule has 0 radical (unpaired) electrons. The molecular weight excluding hydrogens is 266 g/mol. The lowest BCUT2D eigenvalue weighted by molar-refractivity contribution is -0.104. The van der Waals surface area contributed by atoms with Crippen LogP contribution in [0.2, 0.25) is 0 Å². The predicted octanol–water partition coefficient (Wildman–Crippen LogP) is 3.04. The van der Waals surface area contributed by atoms with Gasteiger partial charge >= 0.3 is 0 Å². The van der Waals surface area contributed by atoms with Crippen molar-refractivity contribution in [2.45, 2.75) is 0 Å². The molecule has 0 heterocycles. The van der Waals surface area contributed by atoms with E-state index in [-0.39, 0.29) is 11.6 Å². The summed E-state index contributed by atoms with van der Waals surface area (Å²) in [6.07, 6.45) is 5.12. The van der Waals surface area contributed by atoms with Crippen LogP contribution < -0.4 is 10.5 Å². The van der Waals surface area contributed by atoms with Crippen LogP contribution in [0.15, 0.2) is 72.7 Å². The Bertz CT molecular complexity index is 735. The quantitative estimate of drug-likeness (QED) is 0.382. The van der Waals surface area contributed by atoms with Gasteiger partial charge in [0.1, 0.15) is 17.8 Å². The number of carbonyl (C=O) groups is 1. The van der Waals surface area contributed by atoms with E-state index in [1.807, 2.05) is 12.1 Å². The number of benzene rings is 2. The number of ether oxygens (including phenoxy) is 1. The second-order valence-electron chi connectivity index (χ2n) is 4.35. The maximum atomic E-state index is 10.6. The van der Waals surface area contributed by atoms with Crippen LogP contribution in [0.1, 0.15) is 0 Å². The van der Waals surface area contributed by atoms with Crippen LogP contribution in [0.5, 0.6) is 11.5 Å². The van der Waals surface area contributed by atoms with Crippen LogP contribution in [-0.2, 0) is 4.79 Å². The largest absolute Gasteiger partial charge is 0.508 e. The van der Waals surface area contributed by atoms with Crippen LogP contribution >= 0.6 is 0 Å². The van der Waals surface area contributed by atoms with E-state index in [2.05, 4.69) is 6.58 Å². The van der Waals surface area contributed by atoms with Crippen LogP contribution in [0.25, 0.3) is 10.8 Å². The zero-order valence-electron chi connectivity index (χ0n) is 11.3. The molecule has 106 valence electrons. The predicted molar refractivity (Wildman–Crippen MR) is 82.9 cm³/mol. The molecule has 0 unspecified atom stereocenters. The van der Waals surface area contributed by atoms with Gasteiger partial charge in [0.2, 0.25) is 0 Å². The highest BCUT2D eigenvalue weighted by Gasteiger charge is 2.00. The zero-order valence-corrected chi connectivity index (χ0v) is 11.3. The molecule has 0 amide bonds. The standard InChI is InChI=1S/C17H15NO3/c1-2-12(11-19)3-8-17(18)21-16-7-5-13-9-15(20)6-4-14(13)10-16/h2-11,20H,1,18H2/b12-3+,17-8+. The molecule has 0 aromatic heterocycles. The van der Waals surface area contributed by atoms with Gasteiger partial charge in [-0.05, 0) is 47.2 Å². The van der Waals surface area contributed by atoms with Crippen molar-refractivity contribution in [3.8, 4) is 11.5 Å². The van der Waals surface area contributed by atoms with Crippen molar-refractivity contribution in [1.82, 2.24) is 0 Å². The summed E-state index contributed by atoms with van der Waals surface area (Å²) >= 11 is 0. The molecule has 0 atom stereocenters. The van der Waals surface area contributed by atoms with E-state index in [1.54, 1.807) is 24.3 Å². The van der Waals surface area contributed by atoms with E-state index < -0.39 is 0 Å². The molecule has 0 saturated heterocycles. The van der Waals surface area contributed by atoms with Crippen LogP contribution in [0.3, 0.4) is 0 Å². The Morgan fingerprint density at radius 2 is 1.86 bits per heavy atom. The zero-order chi connectivity index (χ0) is 15.2. The molecule has 2 rings (SSSR count). The lowest BCUT2D eigenvalue weighted by Gasteiger charge is -2.06. The Balaban J connectivity index is 2.21. The smallest absolute Gasteiger partial charge is 0.190 e. The summed E-state index contributed by atoms with van der Waals surface area (Å²) in [4.78, 5) is 10.6. The van der Waals surface area contributed by atoms with E-state index in [1.165, 1.54) is 18.2 Å². The average molecular weight is 281 g/mol. The Morgan fingerprint density at radius 3 is 2.57 bits per heavy atom. The molecule has 2 aromatic rings. The lowest BCUT2D eigenvalue weighted by Crippen LogP contribution is -2.05. The maximum absolute atomic E-state index is 10.6. The Morgan fingerprint density at radius 1 is 1.14 bits per heavy atom. The van der Waals surface area contributed by atoms with Gasteiger partial charge in [-0.2, -0.15) is 0 Å². The summed E-state index contributed by atoms with van der Waals surface area (Å²) in [6.45, 7) is 3.50. The minimum atomic E-state index is 0.161. The molecule has 0 aliphatic heterocycles. The molecule has 4 nitrogen and oxygen atoms in total. The molecule has 0 bridgehead atoms. The minimum Gasteiger partial charge on any atom is -0.508 e. The molecule has 4 heteroatoms. The SMILES string of the molecule is C=C/C(C=O)=C\C=C(/N)Oc1ccc2cc(O)ccc2c1. The molecular formula is C17H15NO3. The third kappa shape index (κ3) is 3.73. The molecule has 0 saturated carbocycles. The van der Waals surface area contributed by atoms with Crippen molar-refractivity contribution >= 4 is 17.1 Å². The number of aldehydes is 1. The number of hydrogen-bond donors (Lipinski definition) is 2. The van der Waals surface area contributed by atoms with Gasteiger partial charge in [-0.15, -0.1) is 0 Å². The summed E-state index contributed by atoms with van der Waals surface area (Å²) in [5, 5.41) is 11.2. The summed E-state index contributed by atoms with van der Waals surface area (Å²) in [6, 6.07) is 10.5. The van der Waals surface area contributed by atoms with Gasteiger partial charge in [0.05, 0.1) is 0 Å². The van der Waals surface area contributed by atoms with Crippen LogP contribution in [-0.4, -0.2) is 11.4 Å². The number of phenols is 1. The second-order valence-corrected chi connectivity index (χ2v) is 4.35. The first kappa shape index (κ1) is 14.4. The number of hydrogen-bond acceptors (Lipinski definition) is 4. The van der Waals surface area contributed by atoms with Crippen molar-refractivity contribution in [2.24, 2.45) is 5.73 Å². The van der Waals surface area contributed by atoms with Gasteiger partial charge in [0, 0.05) is 5.57 Å². The number of rotatable bonds is 5. The first-order chi connectivity index (χ1) is 10.1. The van der Waals surface area contributed by atoms with E-state index in [0.29, 0.717) is 17.6 Å². The molecule has 21 heavy (non-hydrogen) atoms. The highest BCUT2D eigenvalue weighted by Crippen LogP contribution is 2.24. The van der Waals surface area contributed by atoms with E-state index in [4.69, 9.17) is 10.5 Å². The van der Waals surface area contributed by atoms with Gasteiger partial charge in [-0.25, -0.2) is 0 Å². The number of fused-ring (bicyclic) bond motifs is 1. The average Bonchev–Trinajstić information content (AvgIpc) is 2.48. The molecule has 0 aliphatic carbocycles.